The molecule has 5 aromatic rings. The molecule has 3 heterocycles. The highest BCUT2D eigenvalue weighted by molar-refractivity contribution is 6.02. The lowest BCUT2D eigenvalue weighted by Gasteiger charge is -2.28. The zero-order chi connectivity index (χ0) is 27.8. The van der Waals surface area contributed by atoms with Gasteiger partial charge in [0.05, 0.1) is 34.6 Å². The van der Waals surface area contributed by atoms with E-state index in [1.807, 2.05) is 60.4 Å². The largest absolute Gasteiger partial charge is 0.366 e. The van der Waals surface area contributed by atoms with Gasteiger partial charge in [-0.1, -0.05) is 37.3 Å². The Morgan fingerprint density at radius 3 is 2.45 bits per heavy atom. The molecule has 200 valence electrons. The van der Waals surface area contributed by atoms with Gasteiger partial charge in [0, 0.05) is 29.2 Å². The van der Waals surface area contributed by atoms with E-state index in [1.54, 1.807) is 41.3 Å². The van der Waals surface area contributed by atoms with Gasteiger partial charge in [0.25, 0.3) is 5.91 Å². The number of benzene rings is 3. The molecule has 3 unspecified atom stereocenters. The van der Waals surface area contributed by atoms with Crippen molar-refractivity contribution in [2.75, 3.05) is 4.90 Å². The van der Waals surface area contributed by atoms with Crippen LogP contribution in [0, 0.1) is 11.7 Å². The minimum atomic E-state index is -0.558. The Labute approximate surface area is 231 Å². The van der Waals surface area contributed by atoms with Gasteiger partial charge < -0.3 is 10.6 Å². The predicted octanol–water partition coefficient (Wildman–Crippen LogP) is 5.43. The second-order valence-corrected chi connectivity index (χ2v) is 10.1. The number of anilines is 1. The van der Waals surface area contributed by atoms with Gasteiger partial charge in [0.1, 0.15) is 5.82 Å². The fourth-order valence-corrected chi connectivity index (χ4v) is 5.98. The summed E-state index contributed by atoms with van der Waals surface area (Å²) in [5.74, 6) is -1.66. The minimum absolute atomic E-state index is 0.0212. The summed E-state index contributed by atoms with van der Waals surface area (Å²) in [6.07, 6.45) is 4.56. The SMILES string of the molecule is CCC1C(c2ncccc2C(N)=O)C(Cc2ccccc2)C(=O)N1c1ccc2c(cnn2-c2ccc(F)cc2)c1. The van der Waals surface area contributed by atoms with E-state index in [0.29, 0.717) is 24.1 Å². The van der Waals surface area contributed by atoms with Gasteiger partial charge in [-0.3, -0.25) is 14.6 Å². The normalized spacial score (nSPS) is 18.9. The Balaban J connectivity index is 1.44. The molecular formula is C32H28FN5O2. The number of nitrogens with two attached hydrogens (primary N) is 1. The number of carbonyl (C=O) groups is 2. The van der Waals surface area contributed by atoms with Crippen LogP contribution < -0.4 is 10.6 Å². The molecule has 0 bridgehead atoms. The number of hydrogen-bond acceptors (Lipinski definition) is 4. The van der Waals surface area contributed by atoms with E-state index in [2.05, 4.69) is 10.1 Å². The van der Waals surface area contributed by atoms with Crippen LogP contribution in [0.15, 0.2) is 97.3 Å². The minimum Gasteiger partial charge on any atom is -0.366 e. The summed E-state index contributed by atoms with van der Waals surface area (Å²) in [6, 6.07) is 25.0. The first-order chi connectivity index (χ1) is 19.5. The van der Waals surface area contributed by atoms with Crippen LogP contribution in [0.5, 0.6) is 0 Å². The Morgan fingerprint density at radius 1 is 0.975 bits per heavy atom. The average Bonchev–Trinajstić information content (AvgIpc) is 3.52. The Morgan fingerprint density at radius 2 is 1.73 bits per heavy atom. The molecule has 7 nitrogen and oxygen atoms in total. The molecule has 8 heteroatoms. The first kappa shape index (κ1) is 25.4. The number of rotatable bonds is 7. The number of nitrogens with zero attached hydrogens (tertiary/aromatic N) is 4. The molecule has 1 aliphatic heterocycles. The summed E-state index contributed by atoms with van der Waals surface area (Å²) in [5.41, 5.74) is 10.0. The fraction of sp³-hybridized carbons (Fsp3) is 0.188. The maximum atomic E-state index is 14.3. The third-order valence-corrected chi connectivity index (χ3v) is 7.77. The molecule has 2 aromatic heterocycles. The van der Waals surface area contributed by atoms with Gasteiger partial charge in [0.2, 0.25) is 5.91 Å². The Kier molecular flexibility index (Phi) is 6.59. The number of fused-ring (bicyclic) bond motifs is 1. The van der Waals surface area contributed by atoms with Crippen LogP contribution in [-0.4, -0.2) is 32.6 Å². The molecule has 2 amide bonds. The van der Waals surface area contributed by atoms with Crippen LogP contribution >= 0.6 is 0 Å². The van der Waals surface area contributed by atoms with Crippen LogP contribution in [0.2, 0.25) is 0 Å². The zero-order valence-electron chi connectivity index (χ0n) is 21.9. The van der Waals surface area contributed by atoms with Crippen molar-refractivity contribution in [1.29, 1.82) is 0 Å². The van der Waals surface area contributed by atoms with Crippen molar-refractivity contribution < 1.29 is 14.0 Å². The maximum absolute atomic E-state index is 14.3. The standard InChI is InChI=1S/C32H28FN5O2/c1-2-27-29(30-25(31(34)39)9-6-16-35-30)26(17-20-7-4-3-5-8-20)32(40)37(27)24-14-15-28-21(18-24)19-36-38(28)23-12-10-22(33)11-13-23/h3-16,18-19,26-27,29H,2,17H2,1H3,(H2,34,39). The quantitative estimate of drug-likeness (QED) is 0.302. The van der Waals surface area contributed by atoms with Crippen LogP contribution in [0.3, 0.4) is 0 Å². The molecular weight excluding hydrogens is 505 g/mol. The van der Waals surface area contributed by atoms with E-state index in [0.717, 1.165) is 27.8 Å². The lowest BCUT2D eigenvalue weighted by molar-refractivity contribution is -0.120. The summed E-state index contributed by atoms with van der Waals surface area (Å²) in [6.45, 7) is 2.04. The number of aromatic nitrogens is 3. The van der Waals surface area contributed by atoms with E-state index >= 15 is 0 Å². The highest BCUT2D eigenvalue weighted by Crippen LogP contribution is 2.45. The van der Waals surface area contributed by atoms with Crippen molar-refractivity contribution in [2.45, 2.75) is 31.7 Å². The Hall–Kier alpha value is -4.85. The zero-order valence-corrected chi connectivity index (χ0v) is 21.9. The van der Waals surface area contributed by atoms with Gasteiger partial charge in [-0.2, -0.15) is 5.10 Å². The molecule has 0 saturated carbocycles. The number of amides is 2. The van der Waals surface area contributed by atoms with Crippen molar-refractivity contribution in [1.82, 2.24) is 14.8 Å². The van der Waals surface area contributed by atoms with Crippen molar-refractivity contribution in [3.8, 4) is 5.69 Å². The molecule has 6 rings (SSSR count). The number of hydrogen-bond donors (Lipinski definition) is 1. The first-order valence-corrected chi connectivity index (χ1v) is 13.3. The summed E-state index contributed by atoms with van der Waals surface area (Å²) in [4.78, 5) is 33.1. The first-order valence-electron chi connectivity index (χ1n) is 13.3. The monoisotopic (exact) mass is 533 g/mol. The number of carbonyl (C=O) groups excluding carboxylic acids is 2. The van der Waals surface area contributed by atoms with Crippen molar-refractivity contribution in [2.24, 2.45) is 11.7 Å². The van der Waals surface area contributed by atoms with Crippen molar-refractivity contribution in [3.63, 3.8) is 0 Å². The fourth-order valence-electron chi connectivity index (χ4n) is 5.98. The number of halogens is 1. The molecule has 3 atom stereocenters. The summed E-state index contributed by atoms with van der Waals surface area (Å²) < 4.78 is 15.2. The highest BCUT2D eigenvalue weighted by atomic mass is 19.1. The highest BCUT2D eigenvalue weighted by Gasteiger charge is 2.49. The summed E-state index contributed by atoms with van der Waals surface area (Å²) in [7, 11) is 0. The van der Waals surface area contributed by atoms with E-state index in [4.69, 9.17) is 5.73 Å². The Bertz CT molecular complexity index is 1700. The van der Waals surface area contributed by atoms with E-state index in [1.165, 1.54) is 12.1 Å². The van der Waals surface area contributed by atoms with Crippen LogP contribution in [-0.2, 0) is 11.2 Å². The van der Waals surface area contributed by atoms with E-state index in [9.17, 15) is 14.0 Å². The van der Waals surface area contributed by atoms with Gasteiger partial charge in [-0.15, -0.1) is 0 Å². The molecule has 0 spiro atoms. The molecule has 3 aromatic carbocycles. The molecule has 1 saturated heterocycles. The second-order valence-electron chi connectivity index (χ2n) is 10.1. The average molecular weight is 534 g/mol. The van der Waals surface area contributed by atoms with Crippen molar-refractivity contribution >= 4 is 28.4 Å². The lowest BCUT2D eigenvalue weighted by atomic mass is 9.80. The van der Waals surface area contributed by atoms with Gasteiger partial charge in [-0.05, 0) is 73.0 Å². The second kappa shape index (κ2) is 10.4. The molecule has 1 aliphatic rings. The summed E-state index contributed by atoms with van der Waals surface area (Å²) in [5, 5.41) is 5.37. The molecule has 2 N–H and O–H groups in total. The molecule has 0 aliphatic carbocycles. The van der Waals surface area contributed by atoms with Crippen LogP contribution in [0.4, 0.5) is 10.1 Å². The van der Waals surface area contributed by atoms with Crippen LogP contribution in [0.1, 0.15) is 40.9 Å². The third kappa shape index (κ3) is 4.41. The smallest absolute Gasteiger partial charge is 0.250 e. The van der Waals surface area contributed by atoms with E-state index < -0.39 is 11.8 Å². The van der Waals surface area contributed by atoms with E-state index in [-0.39, 0.29) is 23.7 Å². The predicted molar refractivity (Wildman–Crippen MR) is 152 cm³/mol. The third-order valence-electron chi connectivity index (χ3n) is 7.77. The van der Waals surface area contributed by atoms with Crippen LogP contribution in [0.25, 0.3) is 16.6 Å². The summed E-state index contributed by atoms with van der Waals surface area (Å²) >= 11 is 0. The molecule has 1 fully saturated rings. The van der Waals surface area contributed by atoms with Gasteiger partial charge in [0.15, 0.2) is 0 Å². The lowest BCUT2D eigenvalue weighted by Crippen LogP contribution is -2.35. The van der Waals surface area contributed by atoms with Crippen molar-refractivity contribution in [3.05, 3.63) is 120 Å². The maximum Gasteiger partial charge on any atom is 0.250 e. The number of primary amides is 1. The van der Waals surface area contributed by atoms with Gasteiger partial charge in [-0.25, -0.2) is 9.07 Å². The topological polar surface area (TPSA) is 94.1 Å². The molecule has 40 heavy (non-hydrogen) atoms. The molecule has 0 radical (unpaired) electrons. The number of pyridine rings is 1. The van der Waals surface area contributed by atoms with Gasteiger partial charge >= 0.3 is 0 Å².